The van der Waals surface area contributed by atoms with Crippen LogP contribution in [0, 0.1) is 0 Å². The minimum absolute atomic E-state index is 0.883. The molecule has 17 heavy (non-hydrogen) atoms. The monoisotopic (exact) mass is 228 g/mol. The first-order valence-electron chi connectivity index (χ1n) is 5.57. The summed E-state index contributed by atoms with van der Waals surface area (Å²) in [5.74, 6) is 1.79. The molecule has 0 aliphatic rings. The summed E-state index contributed by atoms with van der Waals surface area (Å²) < 4.78 is 10.4. The fourth-order valence-corrected chi connectivity index (χ4v) is 1.80. The predicted molar refractivity (Wildman–Crippen MR) is 68.8 cm³/mol. The molecule has 0 spiro atoms. The van der Waals surface area contributed by atoms with Crippen molar-refractivity contribution < 1.29 is 9.47 Å². The molecule has 88 valence electrons. The minimum atomic E-state index is 0.883. The molecule has 0 unspecified atom stereocenters. The summed E-state index contributed by atoms with van der Waals surface area (Å²) in [5.41, 5.74) is 2.47. The lowest BCUT2D eigenvalue weighted by molar-refractivity contribution is 0.414. The van der Waals surface area contributed by atoms with Gasteiger partial charge in [0.25, 0.3) is 0 Å². The molecule has 2 aromatic rings. The number of hydrogen-bond donors (Lipinski definition) is 0. The van der Waals surface area contributed by atoms with Gasteiger partial charge in [0.1, 0.15) is 11.5 Å². The highest BCUT2D eigenvalue weighted by atomic mass is 16.5. The lowest BCUT2D eigenvalue weighted by Crippen LogP contribution is -1.91. The highest BCUT2D eigenvalue weighted by Crippen LogP contribution is 2.19. The smallest absolute Gasteiger partial charge is 0.119 e. The van der Waals surface area contributed by atoms with Crippen molar-refractivity contribution in [3.8, 4) is 11.5 Å². The Morgan fingerprint density at radius 3 is 1.65 bits per heavy atom. The Kier molecular flexibility index (Phi) is 3.66. The molecule has 0 radical (unpaired) electrons. The average Bonchev–Trinajstić information content (AvgIpc) is 2.39. The zero-order valence-electron chi connectivity index (χ0n) is 10.1. The van der Waals surface area contributed by atoms with Crippen molar-refractivity contribution >= 4 is 0 Å². The van der Waals surface area contributed by atoms with Gasteiger partial charge in [0, 0.05) is 0 Å². The summed E-state index contributed by atoms with van der Waals surface area (Å²) in [6.45, 7) is 0. The van der Waals surface area contributed by atoms with Crippen LogP contribution >= 0.6 is 0 Å². The van der Waals surface area contributed by atoms with Crippen LogP contribution in [-0.2, 0) is 6.42 Å². The second-order valence-electron chi connectivity index (χ2n) is 3.88. The molecule has 2 heteroatoms. The molecule has 0 fully saturated rings. The lowest BCUT2D eigenvalue weighted by Gasteiger charge is -2.06. The van der Waals surface area contributed by atoms with Crippen molar-refractivity contribution in [3.05, 3.63) is 59.7 Å². The van der Waals surface area contributed by atoms with Gasteiger partial charge in [-0.2, -0.15) is 0 Å². The van der Waals surface area contributed by atoms with Gasteiger partial charge in [0.15, 0.2) is 0 Å². The van der Waals surface area contributed by atoms with E-state index in [1.165, 1.54) is 11.1 Å². The Balaban J connectivity index is 2.18. The van der Waals surface area contributed by atoms with Crippen molar-refractivity contribution in [2.45, 2.75) is 6.42 Å². The van der Waals surface area contributed by atoms with Crippen molar-refractivity contribution in [1.29, 1.82) is 0 Å². The van der Waals surface area contributed by atoms with E-state index in [0.717, 1.165) is 17.9 Å². The summed E-state index contributed by atoms with van der Waals surface area (Å²) in [6, 6.07) is 16.2. The average molecular weight is 228 g/mol. The number of hydrogen-bond acceptors (Lipinski definition) is 2. The quantitative estimate of drug-likeness (QED) is 0.799. The van der Waals surface area contributed by atoms with Crippen LogP contribution in [-0.4, -0.2) is 14.2 Å². The fourth-order valence-electron chi connectivity index (χ4n) is 1.80. The van der Waals surface area contributed by atoms with Crippen molar-refractivity contribution in [2.24, 2.45) is 0 Å². The number of ether oxygens (including phenoxy) is 2. The van der Waals surface area contributed by atoms with Crippen LogP contribution in [0.5, 0.6) is 11.5 Å². The molecule has 0 aliphatic heterocycles. The third kappa shape index (κ3) is 3.00. The maximum Gasteiger partial charge on any atom is 0.119 e. The van der Waals surface area contributed by atoms with Crippen molar-refractivity contribution in [2.75, 3.05) is 14.2 Å². The first kappa shape index (κ1) is 11.5. The zero-order chi connectivity index (χ0) is 12.1. The van der Waals surface area contributed by atoms with Crippen LogP contribution in [0.25, 0.3) is 0 Å². The Bertz CT molecular complexity index is 446. The van der Waals surface area contributed by atoms with Gasteiger partial charge in [0.2, 0.25) is 0 Å². The molecule has 0 aliphatic carbocycles. The molecule has 0 heterocycles. The second kappa shape index (κ2) is 5.39. The molecule has 0 bridgehead atoms. The predicted octanol–water partition coefficient (Wildman–Crippen LogP) is 3.29. The standard InChI is InChI=1S/C15H16O2/c1-16-14-7-3-5-12(10-14)9-13-6-4-8-15(11-13)17-2/h3-8,10-11H,9H2,1-2H3. The lowest BCUT2D eigenvalue weighted by atomic mass is 10.0. The van der Waals surface area contributed by atoms with Crippen molar-refractivity contribution in [1.82, 2.24) is 0 Å². The molecular formula is C15H16O2. The van der Waals surface area contributed by atoms with Gasteiger partial charge >= 0.3 is 0 Å². The summed E-state index contributed by atoms with van der Waals surface area (Å²) in [5, 5.41) is 0. The third-order valence-corrected chi connectivity index (χ3v) is 2.68. The summed E-state index contributed by atoms with van der Waals surface area (Å²) in [6.07, 6.45) is 0.883. The Morgan fingerprint density at radius 2 is 1.24 bits per heavy atom. The van der Waals surface area contributed by atoms with E-state index in [9.17, 15) is 0 Å². The van der Waals surface area contributed by atoms with Crippen LogP contribution in [0.4, 0.5) is 0 Å². The van der Waals surface area contributed by atoms with Crippen LogP contribution in [0.2, 0.25) is 0 Å². The molecule has 0 saturated heterocycles. The first-order chi connectivity index (χ1) is 8.31. The summed E-state index contributed by atoms with van der Waals surface area (Å²) in [4.78, 5) is 0. The van der Waals surface area contributed by atoms with Crippen LogP contribution < -0.4 is 9.47 Å². The number of methoxy groups -OCH3 is 2. The van der Waals surface area contributed by atoms with Gasteiger partial charge in [-0.05, 0) is 41.8 Å². The molecule has 0 saturated carbocycles. The van der Waals surface area contributed by atoms with Crippen LogP contribution in [0.15, 0.2) is 48.5 Å². The minimum Gasteiger partial charge on any atom is -0.497 e. The normalized spacial score (nSPS) is 10.0. The molecular weight excluding hydrogens is 212 g/mol. The molecule has 0 amide bonds. The second-order valence-corrected chi connectivity index (χ2v) is 3.88. The van der Waals surface area contributed by atoms with E-state index in [1.54, 1.807) is 14.2 Å². The van der Waals surface area contributed by atoms with Gasteiger partial charge in [-0.25, -0.2) is 0 Å². The van der Waals surface area contributed by atoms with E-state index in [0.29, 0.717) is 0 Å². The van der Waals surface area contributed by atoms with Gasteiger partial charge in [0.05, 0.1) is 14.2 Å². The van der Waals surface area contributed by atoms with Gasteiger partial charge in [-0.1, -0.05) is 24.3 Å². The number of benzene rings is 2. The zero-order valence-corrected chi connectivity index (χ0v) is 10.1. The maximum absolute atomic E-state index is 5.21. The van der Waals surface area contributed by atoms with E-state index < -0.39 is 0 Å². The molecule has 0 atom stereocenters. The first-order valence-corrected chi connectivity index (χ1v) is 5.57. The van der Waals surface area contributed by atoms with E-state index >= 15 is 0 Å². The fraction of sp³-hybridized carbons (Fsp3) is 0.200. The van der Waals surface area contributed by atoms with Gasteiger partial charge in [-0.3, -0.25) is 0 Å². The molecule has 2 aromatic carbocycles. The highest BCUT2D eigenvalue weighted by Gasteiger charge is 1.99. The molecule has 2 rings (SSSR count). The number of rotatable bonds is 4. The molecule has 0 N–H and O–H groups in total. The van der Waals surface area contributed by atoms with E-state index in [2.05, 4.69) is 24.3 Å². The molecule has 0 aromatic heterocycles. The SMILES string of the molecule is COc1cccc(Cc2cccc(OC)c2)c1. The van der Waals surface area contributed by atoms with Gasteiger partial charge in [-0.15, -0.1) is 0 Å². The van der Waals surface area contributed by atoms with E-state index in [-0.39, 0.29) is 0 Å². The topological polar surface area (TPSA) is 18.5 Å². The Hall–Kier alpha value is -1.96. The van der Waals surface area contributed by atoms with E-state index in [1.807, 2.05) is 24.3 Å². The van der Waals surface area contributed by atoms with Crippen LogP contribution in [0.1, 0.15) is 11.1 Å². The maximum atomic E-state index is 5.21. The van der Waals surface area contributed by atoms with E-state index in [4.69, 9.17) is 9.47 Å². The summed E-state index contributed by atoms with van der Waals surface area (Å²) in [7, 11) is 3.37. The van der Waals surface area contributed by atoms with Crippen molar-refractivity contribution in [3.63, 3.8) is 0 Å². The Labute approximate surface area is 102 Å². The Morgan fingerprint density at radius 1 is 0.765 bits per heavy atom. The summed E-state index contributed by atoms with van der Waals surface area (Å²) >= 11 is 0. The third-order valence-electron chi connectivity index (χ3n) is 2.68. The van der Waals surface area contributed by atoms with Crippen LogP contribution in [0.3, 0.4) is 0 Å². The highest BCUT2D eigenvalue weighted by molar-refractivity contribution is 5.35. The molecule has 2 nitrogen and oxygen atoms in total. The largest absolute Gasteiger partial charge is 0.497 e. The van der Waals surface area contributed by atoms with Gasteiger partial charge < -0.3 is 9.47 Å².